The second kappa shape index (κ2) is 7.11. The molecule has 1 atom stereocenters. The highest BCUT2D eigenvalue weighted by Gasteiger charge is 2.44. The minimum Gasteiger partial charge on any atom is -0.505 e. The Morgan fingerprint density at radius 3 is 2.70 bits per heavy atom. The zero-order chi connectivity index (χ0) is 19.0. The molecule has 0 bridgehead atoms. The van der Waals surface area contributed by atoms with Crippen LogP contribution < -0.4 is 0 Å². The number of likely N-dealkylation sites (tertiary alicyclic amines) is 3. The second-order valence-corrected chi connectivity index (χ2v) is 8.39. The lowest BCUT2D eigenvalue weighted by Gasteiger charge is -2.48. The SMILES string of the molecule is CN1CCC(N2CC3(CCC2=O)CCN(C(=O)c2ncccc2O)CC3)C1. The van der Waals surface area contributed by atoms with Crippen LogP contribution in [-0.2, 0) is 4.79 Å². The van der Waals surface area contributed by atoms with Crippen LogP contribution in [0.1, 0.15) is 42.6 Å². The first-order chi connectivity index (χ1) is 13.0. The van der Waals surface area contributed by atoms with Gasteiger partial charge in [-0.3, -0.25) is 9.59 Å². The van der Waals surface area contributed by atoms with E-state index in [1.165, 1.54) is 12.3 Å². The third-order valence-electron chi connectivity index (χ3n) is 6.60. The van der Waals surface area contributed by atoms with Crippen molar-refractivity contribution < 1.29 is 14.7 Å². The van der Waals surface area contributed by atoms with Gasteiger partial charge in [-0.25, -0.2) is 4.98 Å². The largest absolute Gasteiger partial charge is 0.505 e. The Labute approximate surface area is 160 Å². The molecule has 3 saturated heterocycles. The van der Waals surface area contributed by atoms with Crippen LogP contribution >= 0.6 is 0 Å². The van der Waals surface area contributed by atoms with Crippen molar-refractivity contribution in [3.63, 3.8) is 0 Å². The third-order valence-corrected chi connectivity index (χ3v) is 6.60. The maximum absolute atomic E-state index is 12.7. The Bertz CT molecular complexity index is 730. The van der Waals surface area contributed by atoms with Crippen LogP contribution in [-0.4, -0.2) is 82.4 Å². The van der Waals surface area contributed by atoms with Gasteiger partial charge in [0.25, 0.3) is 5.91 Å². The zero-order valence-corrected chi connectivity index (χ0v) is 15.9. The van der Waals surface area contributed by atoms with Crippen LogP contribution in [0, 0.1) is 5.41 Å². The molecule has 1 spiro atoms. The van der Waals surface area contributed by atoms with E-state index in [1.54, 1.807) is 11.0 Å². The normalized spacial score (nSPS) is 26.0. The summed E-state index contributed by atoms with van der Waals surface area (Å²) in [5.74, 6) is 0.0181. The standard InChI is InChI=1S/C20H28N4O3/c1-22-10-5-15(13-22)24-14-20(6-4-17(24)26)7-11-23(12-8-20)19(27)18-16(25)3-2-9-21-18/h2-3,9,15,25H,4-8,10-14H2,1H3. The molecule has 146 valence electrons. The van der Waals surface area contributed by atoms with E-state index in [0.29, 0.717) is 25.6 Å². The van der Waals surface area contributed by atoms with E-state index in [-0.39, 0.29) is 28.7 Å². The number of amides is 2. The summed E-state index contributed by atoms with van der Waals surface area (Å²) in [6.07, 6.45) is 5.93. The molecule has 1 N–H and O–H groups in total. The molecular formula is C20H28N4O3. The molecule has 0 radical (unpaired) electrons. The molecule has 4 heterocycles. The summed E-state index contributed by atoms with van der Waals surface area (Å²) in [6.45, 7) is 4.15. The van der Waals surface area contributed by atoms with Crippen molar-refractivity contribution in [2.45, 2.75) is 38.1 Å². The number of nitrogens with zero attached hydrogens (tertiary/aromatic N) is 4. The third kappa shape index (κ3) is 3.52. The summed E-state index contributed by atoms with van der Waals surface area (Å²) < 4.78 is 0. The van der Waals surface area contributed by atoms with E-state index in [2.05, 4.69) is 21.8 Å². The number of piperidine rings is 2. The quantitative estimate of drug-likeness (QED) is 0.848. The van der Waals surface area contributed by atoms with Gasteiger partial charge in [-0.2, -0.15) is 0 Å². The molecule has 0 aliphatic carbocycles. The maximum Gasteiger partial charge on any atom is 0.276 e. The van der Waals surface area contributed by atoms with E-state index >= 15 is 0 Å². The molecule has 3 aliphatic heterocycles. The molecule has 4 rings (SSSR count). The number of aromatic nitrogens is 1. The van der Waals surface area contributed by atoms with Gasteiger partial charge < -0.3 is 19.8 Å². The minimum atomic E-state index is -0.205. The Morgan fingerprint density at radius 2 is 2.04 bits per heavy atom. The summed E-state index contributed by atoms with van der Waals surface area (Å²) in [7, 11) is 2.11. The van der Waals surface area contributed by atoms with Gasteiger partial charge in [0, 0.05) is 44.8 Å². The molecule has 2 amide bonds. The molecular weight excluding hydrogens is 344 g/mol. The fourth-order valence-electron chi connectivity index (χ4n) is 4.85. The first-order valence-corrected chi connectivity index (χ1v) is 9.89. The number of hydrogen-bond donors (Lipinski definition) is 1. The average molecular weight is 372 g/mol. The lowest BCUT2D eigenvalue weighted by Crippen LogP contribution is -2.55. The first-order valence-electron chi connectivity index (χ1n) is 9.89. The Balaban J connectivity index is 1.41. The molecule has 1 aromatic heterocycles. The van der Waals surface area contributed by atoms with Crippen LogP contribution in [0.3, 0.4) is 0 Å². The van der Waals surface area contributed by atoms with Crippen molar-refractivity contribution in [2.75, 3.05) is 39.8 Å². The van der Waals surface area contributed by atoms with Gasteiger partial charge in [0.2, 0.25) is 5.91 Å². The van der Waals surface area contributed by atoms with Crippen LogP contribution in [0.4, 0.5) is 0 Å². The number of aromatic hydroxyl groups is 1. The van der Waals surface area contributed by atoms with Crippen LogP contribution in [0.2, 0.25) is 0 Å². The van der Waals surface area contributed by atoms with Gasteiger partial charge in [-0.1, -0.05) is 0 Å². The number of carbonyl (C=O) groups excluding carboxylic acids is 2. The van der Waals surface area contributed by atoms with Crippen molar-refractivity contribution in [1.82, 2.24) is 19.7 Å². The van der Waals surface area contributed by atoms with Crippen molar-refractivity contribution in [3.8, 4) is 5.75 Å². The molecule has 3 fully saturated rings. The average Bonchev–Trinajstić information content (AvgIpc) is 3.11. The first kappa shape index (κ1) is 18.2. The van der Waals surface area contributed by atoms with Crippen molar-refractivity contribution >= 4 is 11.8 Å². The minimum absolute atomic E-state index is 0.0671. The second-order valence-electron chi connectivity index (χ2n) is 8.39. The van der Waals surface area contributed by atoms with Gasteiger partial charge in [-0.05, 0) is 56.8 Å². The maximum atomic E-state index is 12.7. The smallest absolute Gasteiger partial charge is 0.276 e. The Hall–Kier alpha value is -2.15. The van der Waals surface area contributed by atoms with E-state index in [1.807, 2.05) is 0 Å². The van der Waals surface area contributed by atoms with Gasteiger partial charge >= 0.3 is 0 Å². The number of carbonyl (C=O) groups is 2. The fourth-order valence-corrected chi connectivity index (χ4v) is 4.85. The van der Waals surface area contributed by atoms with Crippen LogP contribution in [0.25, 0.3) is 0 Å². The highest BCUT2D eigenvalue weighted by molar-refractivity contribution is 5.94. The monoisotopic (exact) mass is 372 g/mol. The topological polar surface area (TPSA) is 77.0 Å². The summed E-state index contributed by atoms with van der Waals surface area (Å²) in [6, 6.07) is 3.45. The van der Waals surface area contributed by atoms with Crippen molar-refractivity contribution in [2.24, 2.45) is 5.41 Å². The number of hydrogen-bond acceptors (Lipinski definition) is 5. The zero-order valence-electron chi connectivity index (χ0n) is 15.9. The van der Waals surface area contributed by atoms with Crippen LogP contribution in [0.15, 0.2) is 18.3 Å². The number of pyridine rings is 1. The van der Waals surface area contributed by atoms with Gasteiger partial charge in [-0.15, -0.1) is 0 Å². The lowest BCUT2D eigenvalue weighted by molar-refractivity contribution is -0.141. The van der Waals surface area contributed by atoms with Gasteiger partial charge in [0.05, 0.1) is 0 Å². The number of rotatable bonds is 2. The summed E-state index contributed by atoms with van der Waals surface area (Å²) in [5.41, 5.74) is 0.251. The summed E-state index contributed by atoms with van der Waals surface area (Å²) in [5, 5.41) is 9.90. The molecule has 7 nitrogen and oxygen atoms in total. The molecule has 3 aliphatic rings. The van der Waals surface area contributed by atoms with Crippen LogP contribution in [0.5, 0.6) is 5.75 Å². The van der Waals surface area contributed by atoms with E-state index in [4.69, 9.17) is 0 Å². The molecule has 0 aromatic carbocycles. The molecule has 27 heavy (non-hydrogen) atoms. The van der Waals surface area contributed by atoms with Crippen molar-refractivity contribution in [1.29, 1.82) is 0 Å². The molecule has 1 unspecified atom stereocenters. The Morgan fingerprint density at radius 1 is 1.26 bits per heavy atom. The lowest BCUT2D eigenvalue weighted by atomic mass is 9.72. The Kier molecular flexibility index (Phi) is 4.80. The van der Waals surface area contributed by atoms with Gasteiger partial charge in [0.1, 0.15) is 5.75 Å². The highest BCUT2D eigenvalue weighted by Crippen LogP contribution is 2.41. The molecule has 7 heteroatoms. The summed E-state index contributed by atoms with van der Waals surface area (Å²) >= 11 is 0. The fraction of sp³-hybridized carbons (Fsp3) is 0.650. The highest BCUT2D eigenvalue weighted by atomic mass is 16.3. The van der Waals surface area contributed by atoms with Gasteiger partial charge in [0.15, 0.2) is 5.69 Å². The summed E-state index contributed by atoms with van der Waals surface area (Å²) in [4.78, 5) is 35.4. The molecule has 0 saturated carbocycles. The number of likely N-dealkylation sites (N-methyl/N-ethyl adjacent to an activating group) is 1. The van der Waals surface area contributed by atoms with Crippen molar-refractivity contribution in [3.05, 3.63) is 24.0 Å². The molecule has 1 aromatic rings. The van der Waals surface area contributed by atoms with E-state index in [0.717, 1.165) is 45.3 Å². The van der Waals surface area contributed by atoms with E-state index < -0.39 is 0 Å². The predicted octanol–water partition coefficient (Wildman–Crippen LogP) is 1.34. The van der Waals surface area contributed by atoms with E-state index in [9.17, 15) is 14.7 Å². The predicted molar refractivity (Wildman–Crippen MR) is 100 cm³/mol.